The Morgan fingerprint density at radius 2 is 2.11 bits per heavy atom. The van der Waals surface area contributed by atoms with E-state index in [0.717, 1.165) is 48.6 Å². The summed E-state index contributed by atoms with van der Waals surface area (Å²) in [4.78, 5) is 23.7. The number of nitrogens with one attached hydrogen (secondary N) is 1. The van der Waals surface area contributed by atoms with Crippen molar-refractivity contribution >= 4 is 32.6 Å². The lowest BCUT2D eigenvalue weighted by Gasteiger charge is -2.31. The van der Waals surface area contributed by atoms with E-state index in [4.69, 9.17) is 4.98 Å². The number of fused-ring (bicyclic) bond motifs is 1. The lowest BCUT2D eigenvalue weighted by atomic mass is 9.96. The Morgan fingerprint density at radius 1 is 1.26 bits per heavy atom. The van der Waals surface area contributed by atoms with E-state index in [9.17, 15) is 4.79 Å². The number of anilines is 1. The van der Waals surface area contributed by atoms with Crippen molar-refractivity contribution in [3.05, 3.63) is 53.9 Å². The number of hydrogen-bond acceptors (Lipinski definition) is 5. The molecular formula is C21H24N4OS. The lowest BCUT2D eigenvalue weighted by Crippen LogP contribution is -2.40. The summed E-state index contributed by atoms with van der Waals surface area (Å²) in [6.07, 6.45) is 6.32. The highest BCUT2D eigenvalue weighted by Crippen LogP contribution is 2.32. The summed E-state index contributed by atoms with van der Waals surface area (Å²) in [7, 11) is 0. The number of carbonyl (C=O) groups excluding carboxylic acids is 1. The fraction of sp³-hybridized carbons (Fsp3) is 0.381. The van der Waals surface area contributed by atoms with Gasteiger partial charge in [-0.3, -0.25) is 9.78 Å². The van der Waals surface area contributed by atoms with Gasteiger partial charge in [0.2, 0.25) is 5.91 Å². The van der Waals surface area contributed by atoms with Crippen LogP contribution in [0.25, 0.3) is 10.2 Å². The van der Waals surface area contributed by atoms with Crippen LogP contribution in [0.1, 0.15) is 30.9 Å². The van der Waals surface area contributed by atoms with Crippen molar-refractivity contribution in [2.24, 2.45) is 5.92 Å². The smallest absolute Gasteiger partial charge is 0.223 e. The second kappa shape index (κ2) is 8.05. The molecule has 1 aromatic carbocycles. The van der Waals surface area contributed by atoms with Crippen molar-refractivity contribution in [2.75, 3.05) is 18.0 Å². The van der Waals surface area contributed by atoms with Gasteiger partial charge >= 0.3 is 0 Å². The van der Waals surface area contributed by atoms with Gasteiger partial charge in [0.05, 0.1) is 10.2 Å². The molecule has 0 unspecified atom stereocenters. The largest absolute Gasteiger partial charge is 0.352 e. The molecule has 1 N–H and O–H groups in total. The van der Waals surface area contributed by atoms with Crippen LogP contribution in [0, 0.1) is 5.92 Å². The second-order valence-corrected chi connectivity index (χ2v) is 8.00. The van der Waals surface area contributed by atoms with Gasteiger partial charge in [0.25, 0.3) is 0 Å². The van der Waals surface area contributed by atoms with Gasteiger partial charge in [0.15, 0.2) is 5.13 Å². The molecule has 1 fully saturated rings. The molecule has 3 heterocycles. The number of amides is 1. The quantitative estimate of drug-likeness (QED) is 0.732. The summed E-state index contributed by atoms with van der Waals surface area (Å²) in [5.41, 5.74) is 3.45. The van der Waals surface area contributed by atoms with Gasteiger partial charge in [-0.15, -0.1) is 0 Å². The summed E-state index contributed by atoms with van der Waals surface area (Å²) in [5.74, 6) is 0.231. The number of benzene rings is 1. The fourth-order valence-electron chi connectivity index (χ4n) is 3.48. The Kier molecular flexibility index (Phi) is 5.34. The minimum absolute atomic E-state index is 0.0824. The summed E-state index contributed by atoms with van der Waals surface area (Å²) >= 11 is 1.76. The Morgan fingerprint density at radius 3 is 2.85 bits per heavy atom. The molecule has 1 saturated heterocycles. The number of piperidine rings is 1. The third-order valence-corrected chi connectivity index (χ3v) is 6.25. The number of aromatic nitrogens is 2. The third-order valence-electron chi connectivity index (χ3n) is 5.18. The highest BCUT2D eigenvalue weighted by Gasteiger charge is 2.26. The van der Waals surface area contributed by atoms with Crippen molar-refractivity contribution in [3.8, 4) is 0 Å². The molecule has 0 aliphatic carbocycles. The van der Waals surface area contributed by atoms with Crippen LogP contribution in [0.5, 0.6) is 0 Å². The SMILES string of the molecule is CCc1ccc2nc(N3CCC(C(=O)NCc4cccnc4)CC3)sc2c1. The summed E-state index contributed by atoms with van der Waals surface area (Å²) in [6.45, 7) is 4.48. The number of hydrogen-bond donors (Lipinski definition) is 1. The van der Waals surface area contributed by atoms with Gasteiger partial charge in [0, 0.05) is 37.9 Å². The summed E-state index contributed by atoms with van der Waals surface area (Å²) < 4.78 is 1.25. The van der Waals surface area contributed by atoms with Crippen molar-refractivity contribution in [2.45, 2.75) is 32.7 Å². The Bertz CT molecular complexity index is 916. The average Bonchev–Trinajstić information content (AvgIpc) is 3.16. The molecule has 3 aromatic rings. The maximum Gasteiger partial charge on any atom is 0.223 e. The predicted octanol–water partition coefficient (Wildman–Crippen LogP) is 3.79. The molecule has 27 heavy (non-hydrogen) atoms. The molecule has 0 bridgehead atoms. The van der Waals surface area contributed by atoms with Gasteiger partial charge in [-0.2, -0.15) is 0 Å². The van der Waals surface area contributed by atoms with Crippen molar-refractivity contribution in [1.29, 1.82) is 0 Å². The van der Waals surface area contributed by atoms with E-state index in [0.29, 0.717) is 6.54 Å². The first-order valence-electron chi connectivity index (χ1n) is 9.54. The molecule has 6 heteroatoms. The van der Waals surface area contributed by atoms with E-state index in [1.54, 1.807) is 23.7 Å². The van der Waals surface area contributed by atoms with Crippen LogP contribution in [0.2, 0.25) is 0 Å². The number of pyridine rings is 1. The highest BCUT2D eigenvalue weighted by atomic mass is 32.1. The molecule has 1 aliphatic heterocycles. The van der Waals surface area contributed by atoms with Crippen LogP contribution in [-0.4, -0.2) is 29.0 Å². The predicted molar refractivity (Wildman–Crippen MR) is 110 cm³/mol. The molecular weight excluding hydrogens is 356 g/mol. The maximum absolute atomic E-state index is 12.5. The second-order valence-electron chi connectivity index (χ2n) is 6.99. The first-order chi connectivity index (χ1) is 13.2. The molecule has 0 radical (unpaired) electrons. The topological polar surface area (TPSA) is 58.1 Å². The van der Waals surface area contributed by atoms with Crippen LogP contribution < -0.4 is 10.2 Å². The van der Waals surface area contributed by atoms with Crippen molar-refractivity contribution in [3.63, 3.8) is 0 Å². The monoisotopic (exact) mass is 380 g/mol. The van der Waals surface area contributed by atoms with Gasteiger partial charge in [0.1, 0.15) is 0 Å². The molecule has 0 spiro atoms. The highest BCUT2D eigenvalue weighted by molar-refractivity contribution is 7.22. The normalized spacial score (nSPS) is 15.2. The van der Waals surface area contributed by atoms with E-state index >= 15 is 0 Å². The van der Waals surface area contributed by atoms with Crippen LogP contribution >= 0.6 is 11.3 Å². The minimum Gasteiger partial charge on any atom is -0.352 e. The molecule has 140 valence electrons. The van der Waals surface area contributed by atoms with Crippen LogP contribution in [0.15, 0.2) is 42.7 Å². The molecule has 4 rings (SSSR count). The van der Waals surface area contributed by atoms with Gasteiger partial charge in [-0.1, -0.05) is 30.4 Å². The lowest BCUT2D eigenvalue weighted by molar-refractivity contribution is -0.125. The molecule has 2 aromatic heterocycles. The first kappa shape index (κ1) is 17.9. The Labute approximate surface area is 163 Å². The zero-order valence-corrected chi connectivity index (χ0v) is 16.3. The number of aryl methyl sites for hydroxylation is 1. The molecule has 0 saturated carbocycles. The van der Waals surface area contributed by atoms with E-state index in [1.807, 2.05) is 12.1 Å². The van der Waals surface area contributed by atoms with E-state index in [2.05, 4.69) is 40.3 Å². The number of carbonyl (C=O) groups is 1. The molecule has 5 nitrogen and oxygen atoms in total. The summed E-state index contributed by atoms with van der Waals surface area (Å²) in [6, 6.07) is 10.4. The third kappa shape index (κ3) is 4.11. The van der Waals surface area contributed by atoms with E-state index < -0.39 is 0 Å². The molecule has 1 amide bonds. The van der Waals surface area contributed by atoms with Crippen LogP contribution in [0.4, 0.5) is 5.13 Å². The minimum atomic E-state index is 0.0824. The van der Waals surface area contributed by atoms with Gasteiger partial charge in [-0.25, -0.2) is 4.98 Å². The first-order valence-corrected chi connectivity index (χ1v) is 10.4. The Hall–Kier alpha value is -2.47. The van der Waals surface area contributed by atoms with Crippen molar-refractivity contribution < 1.29 is 4.79 Å². The Balaban J connectivity index is 1.33. The number of rotatable bonds is 5. The van der Waals surface area contributed by atoms with Crippen molar-refractivity contribution in [1.82, 2.24) is 15.3 Å². The number of nitrogens with zero attached hydrogens (tertiary/aromatic N) is 3. The summed E-state index contributed by atoms with van der Waals surface area (Å²) in [5, 5.41) is 4.12. The van der Waals surface area contributed by atoms with Crippen LogP contribution in [0.3, 0.4) is 0 Å². The number of thiazole rings is 1. The zero-order chi connectivity index (χ0) is 18.6. The zero-order valence-electron chi connectivity index (χ0n) is 15.5. The molecule has 1 aliphatic rings. The average molecular weight is 381 g/mol. The van der Waals surface area contributed by atoms with E-state index in [-0.39, 0.29) is 11.8 Å². The maximum atomic E-state index is 12.5. The van der Waals surface area contributed by atoms with Gasteiger partial charge in [-0.05, 0) is 48.6 Å². The fourth-order valence-corrected chi connectivity index (χ4v) is 4.56. The van der Waals surface area contributed by atoms with Gasteiger partial charge < -0.3 is 10.2 Å². The standard InChI is InChI=1S/C21H24N4OS/c1-2-15-5-6-18-19(12-15)27-21(24-18)25-10-7-17(8-11-25)20(26)23-14-16-4-3-9-22-13-16/h3-6,9,12-13,17H,2,7-8,10-11,14H2,1H3,(H,23,26). The molecule has 0 atom stereocenters. The van der Waals surface area contributed by atoms with Crippen LogP contribution in [-0.2, 0) is 17.8 Å². The van der Waals surface area contributed by atoms with E-state index in [1.165, 1.54) is 10.3 Å².